The Kier molecular flexibility index (Phi) is 5.08. The van der Waals surface area contributed by atoms with Crippen molar-refractivity contribution in [2.75, 3.05) is 6.54 Å². The van der Waals surface area contributed by atoms with Gasteiger partial charge in [-0.2, -0.15) is 0 Å². The minimum Gasteiger partial charge on any atom is -0.352 e. The molecule has 0 saturated heterocycles. The average Bonchev–Trinajstić information content (AvgIpc) is 2.41. The number of hydrogen-bond donors (Lipinski definition) is 2. The van der Waals surface area contributed by atoms with Crippen molar-refractivity contribution >= 4 is 5.91 Å². The van der Waals surface area contributed by atoms with Crippen LogP contribution in [0.2, 0.25) is 0 Å². The molecular weight excluding hydrogens is 228 g/mol. The van der Waals surface area contributed by atoms with Crippen LogP contribution in [0.5, 0.6) is 0 Å². The topological polar surface area (TPSA) is 66.9 Å². The molecule has 5 nitrogen and oxygen atoms in total. The summed E-state index contributed by atoms with van der Waals surface area (Å²) in [4.78, 5) is 19.6. The van der Waals surface area contributed by atoms with Gasteiger partial charge in [0.1, 0.15) is 6.33 Å². The Morgan fingerprint density at radius 1 is 1.33 bits per heavy atom. The largest absolute Gasteiger partial charge is 0.352 e. The van der Waals surface area contributed by atoms with Gasteiger partial charge in [0.2, 0.25) is 5.91 Å². The van der Waals surface area contributed by atoms with Crippen molar-refractivity contribution in [3.05, 3.63) is 24.3 Å². The van der Waals surface area contributed by atoms with Crippen molar-refractivity contribution in [1.29, 1.82) is 0 Å². The Morgan fingerprint density at radius 3 is 2.89 bits per heavy atom. The second kappa shape index (κ2) is 7.06. The Hall–Kier alpha value is -1.49. The molecule has 1 heterocycles. The van der Waals surface area contributed by atoms with Crippen LogP contribution < -0.4 is 10.6 Å². The van der Waals surface area contributed by atoms with Crippen molar-refractivity contribution in [1.82, 2.24) is 20.6 Å². The van der Waals surface area contributed by atoms with Gasteiger partial charge in [-0.25, -0.2) is 9.97 Å². The van der Waals surface area contributed by atoms with Crippen LogP contribution in [0.4, 0.5) is 0 Å². The number of rotatable bonds is 5. The van der Waals surface area contributed by atoms with Gasteiger partial charge in [0.25, 0.3) is 0 Å². The first-order chi connectivity index (χ1) is 8.84. The summed E-state index contributed by atoms with van der Waals surface area (Å²) in [7, 11) is 0. The SMILES string of the molecule is O=C(CNCc1ccncn1)NC1CCCCC1. The van der Waals surface area contributed by atoms with Gasteiger partial charge in [-0.05, 0) is 18.9 Å². The molecule has 1 amide bonds. The summed E-state index contributed by atoms with van der Waals surface area (Å²) in [5, 5.41) is 6.16. The number of hydrogen-bond acceptors (Lipinski definition) is 4. The molecule has 0 bridgehead atoms. The standard InChI is InChI=1S/C13H20N4O/c18-13(17-11-4-2-1-3-5-11)9-15-8-12-6-7-14-10-16-12/h6-7,10-11,15H,1-5,8-9H2,(H,17,18). The number of nitrogens with zero attached hydrogens (tertiary/aromatic N) is 2. The molecule has 18 heavy (non-hydrogen) atoms. The second-order valence-electron chi connectivity index (χ2n) is 4.71. The van der Waals surface area contributed by atoms with Crippen LogP contribution in [-0.2, 0) is 11.3 Å². The monoisotopic (exact) mass is 248 g/mol. The fraction of sp³-hybridized carbons (Fsp3) is 0.615. The summed E-state index contributed by atoms with van der Waals surface area (Å²) in [6.45, 7) is 0.946. The highest BCUT2D eigenvalue weighted by atomic mass is 16.1. The van der Waals surface area contributed by atoms with Crippen LogP contribution in [0.3, 0.4) is 0 Å². The average molecular weight is 248 g/mol. The number of nitrogens with one attached hydrogen (secondary N) is 2. The molecule has 98 valence electrons. The molecule has 2 N–H and O–H groups in total. The normalized spacial score (nSPS) is 16.4. The molecule has 1 aliphatic carbocycles. The molecule has 5 heteroatoms. The maximum absolute atomic E-state index is 11.7. The zero-order valence-corrected chi connectivity index (χ0v) is 10.6. The first kappa shape index (κ1) is 13.0. The van der Waals surface area contributed by atoms with E-state index in [0.29, 0.717) is 19.1 Å². The van der Waals surface area contributed by atoms with E-state index in [0.717, 1.165) is 18.5 Å². The van der Waals surface area contributed by atoms with E-state index in [1.54, 1.807) is 6.20 Å². The summed E-state index contributed by atoms with van der Waals surface area (Å²) in [5.41, 5.74) is 0.899. The fourth-order valence-electron chi connectivity index (χ4n) is 2.25. The molecule has 2 rings (SSSR count). The van der Waals surface area contributed by atoms with Gasteiger partial charge >= 0.3 is 0 Å². The smallest absolute Gasteiger partial charge is 0.234 e. The van der Waals surface area contributed by atoms with Crippen LogP contribution in [0.15, 0.2) is 18.6 Å². The first-order valence-electron chi connectivity index (χ1n) is 6.59. The summed E-state index contributed by atoms with van der Waals surface area (Å²) < 4.78 is 0. The Labute approximate surface area is 107 Å². The first-order valence-corrected chi connectivity index (χ1v) is 6.59. The molecule has 0 aromatic carbocycles. The summed E-state index contributed by atoms with van der Waals surface area (Å²) in [6, 6.07) is 2.22. The predicted octanol–water partition coefficient (Wildman–Crippen LogP) is 1.02. The second-order valence-corrected chi connectivity index (χ2v) is 4.71. The third-order valence-corrected chi connectivity index (χ3v) is 3.21. The van der Waals surface area contributed by atoms with E-state index in [1.165, 1.54) is 25.6 Å². The lowest BCUT2D eigenvalue weighted by molar-refractivity contribution is -0.121. The third kappa shape index (κ3) is 4.41. The summed E-state index contributed by atoms with van der Waals surface area (Å²) in [6.07, 6.45) is 9.23. The summed E-state index contributed by atoms with van der Waals surface area (Å²) in [5.74, 6) is 0.0796. The molecule has 0 unspecified atom stereocenters. The quantitative estimate of drug-likeness (QED) is 0.816. The molecule has 1 aromatic rings. The van der Waals surface area contributed by atoms with E-state index in [2.05, 4.69) is 20.6 Å². The van der Waals surface area contributed by atoms with Gasteiger partial charge in [-0.3, -0.25) is 4.79 Å². The molecule has 1 aliphatic rings. The van der Waals surface area contributed by atoms with Crippen molar-refractivity contribution in [2.24, 2.45) is 0 Å². The highest BCUT2D eigenvalue weighted by Gasteiger charge is 2.15. The van der Waals surface area contributed by atoms with E-state index >= 15 is 0 Å². The molecule has 0 atom stereocenters. The number of carbonyl (C=O) groups excluding carboxylic acids is 1. The predicted molar refractivity (Wildman–Crippen MR) is 68.8 cm³/mol. The fourth-order valence-corrected chi connectivity index (χ4v) is 2.25. The van der Waals surface area contributed by atoms with Crippen LogP contribution in [0, 0.1) is 0 Å². The minimum absolute atomic E-state index is 0.0796. The Balaban J connectivity index is 1.62. The van der Waals surface area contributed by atoms with Crippen molar-refractivity contribution < 1.29 is 4.79 Å². The summed E-state index contributed by atoms with van der Waals surface area (Å²) >= 11 is 0. The lowest BCUT2D eigenvalue weighted by Gasteiger charge is -2.22. The number of aromatic nitrogens is 2. The Bertz CT molecular complexity index is 363. The van der Waals surface area contributed by atoms with Crippen LogP contribution >= 0.6 is 0 Å². The molecule has 0 aliphatic heterocycles. The van der Waals surface area contributed by atoms with Crippen molar-refractivity contribution in [2.45, 2.75) is 44.7 Å². The minimum atomic E-state index is 0.0796. The van der Waals surface area contributed by atoms with E-state index in [-0.39, 0.29) is 5.91 Å². The zero-order valence-electron chi connectivity index (χ0n) is 10.6. The lowest BCUT2D eigenvalue weighted by atomic mass is 9.95. The maximum Gasteiger partial charge on any atom is 0.234 e. The highest BCUT2D eigenvalue weighted by Crippen LogP contribution is 2.16. The van der Waals surface area contributed by atoms with E-state index in [1.807, 2.05) is 6.07 Å². The number of amides is 1. The van der Waals surface area contributed by atoms with Gasteiger partial charge in [-0.15, -0.1) is 0 Å². The molecule has 0 radical (unpaired) electrons. The molecule has 0 spiro atoms. The molecule has 1 fully saturated rings. The molecule has 1 saturated carbocycles. The highest BCUT2D eigenvalue weighted by molar-refractivity contribution is 5.78. The molecular formula is C13H20N4O. The van der Waals surface area contributed by atoms with Crippen LogP contribution in [0.25, 0.3) is 0 Å². The van der Waals surface area contributed by atoms with Gasteiger partial charge in [0.05, 0.1) is 12.2 Å². The van der Waals surface area contributed by atoms with E-state index < -0.39 is 0 Å². The number of carbonyl (C=O) groups is 1. The Morgan fingerprint density at radius 2 is 2.17 bits per heavy atom. The van der Waals surface area contributed by atoms with Crippen LogP contribution in [-0.4, -0.2) is 28.5 Å². The molecule has 1 aromatic heterocycles. The van der Waals surface area contributed by atoms with Gasteiger partial charge in [0, 0.05) is 18.8 Å². The van der Waals surface area contributed by atoms with Gasteiger partial charge in [-0.1, -0.05) is 19.3 Å². The van der Waals surface area contributed by atoms with Gasteiger partial charge in [0.15, 0.2) is 0 Å². The van der Waals surface area contributed by atoms with Crippen molar-refractivity contribution in [3.63, 3.8) is 0 Å². The lowest BCUT2D eigenvalue weighted by Crippen LogP contribution is -2.41. The van der Waals surface area contributed by atoms with Crippen molar-refractivity contribution in [3.8, 4) is 0 Å². The van der Waals surface area contributed by atoms with E-state index in [9.17, 15) is 4.79 Å². The van der Waals surface area contributed by atoms with E-state index in [4.69, 9.17) is 0 Å². The zero-order chi connectivity index (χ0) is 12.6. The van der Waals surface area contributed by atoms with Gasteiger partial charge < -0.3 is 10.6 Å². The maximum atomic E-state index is 11.7. The third-order valence-electron chi connectivity index (χ3n) is 3.21. The van der Waals surface area contributed by atoms with Crippen LogP contribution in [0.1, 0.15) is 37.8 Å².